The molecule has 3 heterocycles. The quantitative estimate of drug-likeness (QED) is 0.239. The Morgan fingerprint density at radius 3 is 2.55 bits per heavy atom. The van der Waals surface area contributed by atoms with Crippen molar-refractivity contribution in [1.29, 1.82) is 0 Å². The van der Waals surface area contributed by atoms with Gasteiger partial charge in [-0.05, 0) is 58.3 Å². The van der Waals surface area contributed by atoms with Crippen LogP contribution in [0.15, 0.2) is 27.8 Å². The average molecular weight is 519 g/mol. The summed E-state index contributed by atoms with van der Waals surface area (Å²) in [5, 5.41) is 6.95. The number of ether oxygens (including phenoxy) is 1. The van der Waals surface area contributed by atoms with E-state index < -0.39 is 0 Å². The normalized spacial score (nSPS) is 24.9. The number of aliphatic imine (C=N–C) groups is 1. The summed E-state index contributed by atoms with van der Waals surface area (Å²) in [6.45, 7) is 11.4. The van der Waals surface area contributed by atoms with Crippen LogP contribution < -0.4 is 10.6 Å². The molecule has 29 heavy (non-hydrogen) atoms. The highest BCUT2D eigenvalue weighted by Gasteiger charge is 2.25. The van der Waals surface area contributed by atoms with Crippen molar-refractivity contribution in [2.24, 2.45) is 4.99 Å². The molecule has 3 rings (SSSR count). The van der Waals surface area contributed by atoms with Gasteiger partial charge in [-0.25, -0.2) is 0 Å². The first-order valence-electron chi connectivity index (χ1n) is 10.8. The number of rotatable bonds is 8. The highest BCUT2D eigenvalue weighted by Crippen LogP contribution is 2.24. The van der Waals surface area contributed by atoms with Crippen molar-refractivity contribution in [2.45, 2.75) is 51.4 Å². The van der Waals surface area contributed by atoms with E-state index in [1.165, 1.54) is 12.8 Å². The Kier molecular flexibility index (Phi) is 10.8. The summed E-state index contributed by atoms with van der Waals surface area (Å²) >= 11 is 0. The molecular formula is C21H38IN5O2. The lowest BCUT2D eigenvalue weighted by Crippen LogP contribution is -2.46. The number of furan rings is 1. The maximum Gasteiger partial charge on any atom is 0.191 e. The van der Waals surface area contributed by atoms with E-state index in [2.05, 4.69) is 45.3 Å². The molecule has 0 amide bonds. The van der Waals surface area contributed by atoms with Crippen molar-refractivity contribution in [2.75, 3.05) is 52.9 Å². The third kappa shape index (κ3) is 7.73. The third-order valence-electron chi connectivity index (χ3n) is 5.58. The number of guanidine groups is 1. The van der Waals surface area contributed by atoms with Crippen molar-refractivity contribution in [1.82, 2.24) is 20.4 Å². The van der Waals surface area contributed by atoms with Gasteiger partial charge in [0, 0.05) is 39.8 Å². The summed E-state index contributed by atoms with van der Waals surface area (Å²) in [5.41, 5.74) is 0. The lowest BCUT2D eigenvalue weighted by Gasteiger charge is -2.35. The van der Waals surface area contributed by atoms with Crippen molar-refractivity contribution in [3.8, 4) is 0 Å². The molecule has 0 aliphatic carbocycles. The molecule has 2 fully saturated rings. The molecule has 0 bridgehead atoms. The average Bonchev–Trinajstić information content (AvgIpc) is 3.37. The van der Waals surface area contributed by atoms with Crippen molar-refractivity contribution in [3.63, 3.8) is 0 Å². The van der Waals surface area contributed by atoms with Gasteiger partial charge in [-0.1, -0.05) is 0 Å². The molecule has 0 saturated carbocycles. The lowest BCUT2D eigenvalue weighted by atomic mass is 10.2. The number of morpholine rings is 1. The Hall–Kier alpha value is -0.840. The molecule has 0 radical (unpaired) electrons. The molecule has 7 nitrogen and oxygen atoms in total. The SMILES string of the molecule is CN=C(NCCCN1CC(C)OC(C)C1)NCC(c1ccco1)N1CCCC1.I. The first-order chi connectivity index (χ1) is 13.7. The molecule has 166 valence electrons. The van der Waals surface area contributed by atoms with Gasteiger partial charge in [-0.15, -0.1) is 24.0 Å². The van der Waals surface area contributed by atoms with Crippen molar-refractivity contribution in [3.05, 3.63) is 24.2 Å². The molecule has 1 aromatic rings. The van der Waals surface area contributed by atoms with Gasteiger partial charge in [0.2, 0.25) is 0 Å². The third-order valence-corrected chi connectivity index (χ3v) is 5.58. The second-order valence-electron chi connectivity index (χ2n) is 8.02. The van der Waals surface area contributed by atoms with E-state index in [1.807, 2.05) is 13.1 Å². The Morgan fingerprint density at radius 2 is 1.93 bits per heavy atom. The number of halogens is 1. The summed E-state index contributed by atoms with van der Waals surface area (Å²) in [6, 6.07) is 4.30. The van der Waals surface area contributed by atoms with E-state index in [9.17, 15) is 0 Å². The van der Waals surface area contributed by atoms with Crippen LogP contribution in [0.25, 0.3) is 0 Å². The molecule has 0 spiro atoms. The summed E-state index contributed by atoms with van der Waals surface area (Å²) in [7, 11) is 1.83. The summed E-state index contributed by atoms with van der Waals surface area (Å²) < 4.78 is 11.5. The lowest BCUT2D eigenvalue weighted by molar-refractivity contribution is -0.0679. The first-order valence-corrected chi connectivity index (χ1v) is 10.8. The van der Waals surface area contributed by atoms with E-state index >= 15 is 0 Å². The fourth-order valence-corrected chi connectivity index (χ4v) is 4.33. The largest absolute Gasteiger partial charge is 0.468 e. The summed E-state index contributed by atoms with van der Waals surface area (Å²) in [4.78, 5) is 9.38. The van der Waals surface area contributed by atoms with Crippen molar-refractivity contribution < 1.29 is 9.15 Å². The highest BCUT2D eigenvalue weighted by atomic mass is 127. The maximum atomic E-state index is 5.81. The minimum Gasteiger partial charge on any atom is -0.468 e. The second kappa shape index (κ2) is 12.8. The Bertz CT molecular complexity index is 582. The van der Waals surface area contributed by atoms with Gasteiger partial charge in [0.1, 0.15) is 5.76 Å². The zero-order valence-corrected chi connectivity index (χ0v) is 20.4. The molecule has 3 unspecified atom stereocenters. The standard InChI is InChI=1S/C21H37N5O2.HI/c1-17-15-25(16-18(2)28-17)10-7-9-23-21(22-3)24-14-19(20-8-6-13-27-20)26-11-4-5-12-26;/h6,8,13,17-19H,4-5,7,9-12,14-16H2,1-3H3,(H2,22,23,24);1H. The van der Waals surface area contributed by atoms with E-state index in [-0.39, 0.29) is 30.0 Å². The summed E-state index contributed by atoms with van der Waals surface area (Å²) in [5.74, 6) is 1.89. The van der Waals surface area contributed by atoms with Gasteiger partial charge in [0.05, 0.1) is 24.5 Å². The van der Waals surface area contributed by atoms with E-state index in [1.54, 1.807) is 6.26 Å². The fourth-order valence-electron chi connectivity index (χ4n) is 4.33. The number of hydrogen-bond acceptors (Lipinski definition) is 5. The van der Waals surface area contributed by atoms with Gasteiger partial charge in [0.25, 0.3) is 0 Å². The van der Waals surface area contributed by atoms with E-state index in [0.717, 1.165) is 64.0 Å². The Balaban J connectivity index is 0.00000300. The second-order valence-corrected chi connectivity index (χ2v) is 8.02. The topological polar surface area (TPSA) is 65.3 Å². The minimum atomic E-state index is 0. The van der Waals surface area contributed by atoms with E-state index in [0.29, 0.717) is 12.2 Å². The molecule has 0 aromatic carbocycles. The van der Waals surface area contributed by atoms with Gasteiger partial charge < -0.3 is 19.8 Å². The molecular weight excluding hydrogens is 481 g/mol. The first kappa shape index (κ1) is 24.4. The molecule has 2 aliphatic rings. The number of hydrogen-bond donors (Lipinski definition) is 2. The molecule has 1 aromatic heterocycles. The maximum absolute atomic E-state index is 5.81. The highest BCUT2D eigenvalue weighted by molar-refractivity contribution is 14.0. The number of nitrogens with zero attached hydrogens (tertiary/aromatic N) is 3. The van der Waals surface area contributed by atoms with Crippen LogP contribution in [-0.4, -0.2) is 80.8 Å². The van der Waals surface area contributed by atoms with Crippen LogP contribution in [0.5, 0.6) is 0 Å². The van der Waals surface area contributed by atoms with Crippen LogP contribution >= 0.6 is 24.0 Å². The van der Waals surface area contributed by atoms with Crippen LogP contribution in [0.1, 0.15) is 44.9 Å². The predicted octanol–water partition coefficient (Wildman–Crippen LogP) is 2.70. The van der Waals surface area contributed by atoms with Crippen LogP contribution in [-0.2, 0) is 4.74 Å². The van der Waals surface area contributed by atoms with Gasteiger partial charge in [0.15, 0.2) is 5.96 Å². The molecule has 2 N–H and O–H groups in total. The fraction of sp³-hybridized carbons (Fsp3) is 0.762. The molecule has 2 saturated heterocycles. The minimum absolute atomic E-state index is 0. The van der Waals surface area contributed by atoms with Gasteiger partial charge in [-0.3, -0.25) is 14.8 Å². The monoisotopic (exact) mass is 519 g/mol. The van der Waals surface area contributed by atoms with Crippen LogP contribution in [0.4, 0.5) is 0 Å². The van der Waals surface area contributed by atoms with Crippen LogP contribution in [0.2, 0.25) is 0 Å². The van der Waals surface area contributed by atoms with Crippen molar-refractivity contribution >= 4 is 29.9 Å². The Morgan fingerprint density at radius 1 is 1.21 bits per heavy atom. The zero-order valence-electron chi connectivity index (χ0n) is 18.1. The Labute approximate surface area is 192 Å². The zero-order chi connectivity index (χ0) is 19.8. The van der Waals surface area contributed by atoms with Gasteiger partial charge >= 0.3 is 0 Å². The van der Waals surface area contributed by atoms with E-state index in [4.69, 9.17) is 9.15 Å². The van der Waals surface area contributed by atoms with Crippen LogP contribution in [0, 0.1) is 0 Å². The smallest absolute Gasteiger partial charge is 0.191 e. The van der Waals surface area contributed by atoms with Crippen LogP contribution in [0.3, 0.4) is 0 Å². The molecule has 8 heteroatoms. The number of likely N-dealkylation sites (tertiary alicyclic amines) is 1. The number of nitrogens with one attached hydrogen (secondary N) is 2. The summed E-state index contributed by atoms with van der Waals surface area (Å²) in [6.07, 6.45) is 6.05. The molecule has 2 aliphatic heterocycles. The predicted molar refractivity (Wildman–Crippen MR) is 128 cm³/mol. The molecule has 3 atom stereocenters. The van der Waals surface area contributed by atoms with Gasteiger partial charge in [-0.2, -0.15) is 0 Å².